The molecule has 2 heterocycles. The zero-order valence-corrected chi connectivity index (χ0v) is 12.6. The molecule has 0 saturated carbocycles. The number of carbonyl (C=O) groups is 1. The zero-order chi connectivity index (χ0) is 15.5. The third kappa shape index (κ3) is 3.17. The summed E-state index contributed by atoms with van der Waals surface area (Å²) >= 11 is 0. The van der Waals surface area contributed by atoms with Gasteiger partial charge < -0.3 is 15.2 Å². The first kappa shape index (κ1) is 14.7. The predicted octanol–water partition coefficient (Wildman–Crippen LogP) is 0.995. The number of carbonyl (C=O) groups excluding carboxylic acids is 1. The van der Waals surface area contributed by atoms with Gasteiger partial charge in [-0.1, -0.05) is 12.1 Å². The highest BCUT2D eigenvalue weighted by Gasteiger charge is 2.18. The van der Waals surface area contributed by atoms with Crippen molar-refractivity contribution in [1.82, 2.24) is 20.2 Å². The SMILES string of the molecule is CN1CCC(CNC(=O)c2nc3ccccc3c(=O)[nH]2)CC1. The molecule has 0 unspecified atom stereocenters. The van der Waals surface area contributed by atoms with Gasteiger partial charge in [-0.2, -0.15) is 0 Å². The van der Waals surface area contributed by atoms with Crippen LogP contribution in [0.4, 0.5) is 0 Å². The number of nitrogens with zero attached hydrogens (tertiary/aromatic N) is 2. The number of amides is 1. The van der Waals surface area contributed by atoms with Gasteiger partial charge in [-0.25, -0.2) is 4.98 Å². The van der Waals surface area contributed by atoms with Gasteiger partial charge in [0.15, 0.2) is 5.82 Å². The van der Waals surface area contributed by atoms with E-state index < -0.39 is 0 Å². The highest BCUT2D eigenvalue weighted by atomic mass is 16.2. The Labute approximate surface area is 128 Å². The molecule has 1 aliphatic heterocycles. The van der Waals surface area contributed by atoms with E-state index in [1.165, 1.54) is 0 Å². The maximum atomic E-state index is 12.2. The second-order valence-electron chi connectivity index (χ2n) is 5.89. The van der Waals surface area contributed by atoms with Crippen LogP contribution in [0.15, 0.2) is 29.1 Å². The van der Waals surface area contributed by atoms with Crippen molar-refractivity contribution in [2.75, 3.05) is 26.7 Å². The summed E-state index contributed by atoms with van der Waals surface area (Å²) in [7, 11) is 2.11. The maximum absolute atomic E-state index is 12.2. The van der Waals surface area contributed by atoms with Crippen molar-refractivity contribution in [2.24, 2.45) is 5.92 Å². The first-order chi connectivity index (χ1) is 10.6. The summed E-state index contributed by atoms with van der Waals surface area (Å²) in [4.78, 5) is 33.2. The van der Waals surface area contributed by atoms with Crippen molar-refractivity contribution in [2.45, 2.75) is 12.8 Å². The third-order valence-electron chi connectivity index (χ3n) is 4.22. The minimum Gasteiger partial charge on any atom is -0.349 e. The number of hydrogen-bond donors (Lipinski definition) is 2. The third-order valence-corrected chi connectivity index (χ3v) is 4.22. The second kappa shape index (κ2) is 6.27. The molecule has 6 nitrogen and oxygen atoms in total. The van der Waals surface area contributed by atoms with Crippen molar-refractivity contribution < 1.29 is 4.79 Å². The summed E-state index contributed by atoms with van der Waals surface area (Å²) in [6, 6.07) is 7.01. The number of aromatic nitrogens is 2. The lowest BCUT2D eigenvalue weighted by Crippen LogP contribution is -2.37. The van der Waals surface area contributed by atoms with E-state index >= 15 is 0 Å². The molecular formula is C16H20N4O2. The van der Waals surface area contributed by atoms with Crippen LogP contribution in [0.3, 0.4) is 0 Å². The monoisotopic (exact) mass is 300 g/mol. The first-order valence-corrected chi connectivity index (χ1v) is 7.59. The number of para-hydroxylation sites is 1. The Bertz CT molecular complexity index is 732. The Balaban J connectivity index is 1.69. The van der Waals surface area contributed by atoms with Gasteiger partial charge in [0.25, 0.3) is 11.5 Å². The smallest absolute Gasteiger partial charge is 0.287 e. The van der Waals surface area contributed by atoms with Crippen molar-refractivity contribution >= 4 is 16.8 Å². The van der Waals surface area contributed by atoms with Crippen LogP contribution >= 0.6 is 0 Å². The minimum atomic E-state index is -0.318. The van der Waals surface area contributed by atoms with E-state index in [0.717, 1.165) is 25.9 Å². The van der Waals surface area contributed by atoms with E-state index in [1.807, 2.05) is 0 Å². The molecule has 1 fully saturated rings. The van der Waals surface area contributed by atoms with Crippen LogP contribution in [0.25, 0.3) is 10.9 Å². The summed E-state index contributed by atoms with van der Waals surface area (Å²) in [6.07, 6.45) is 2.16. The van der Waals surface area contributed by atoms with Crippen LogP contribution in [0.1, 0.15) is 23.5 Å². The van der Waals surface area contributed by atoms with Gasteiger partial charge in [-0.05, 0) is 51.0 Å². The number of hydrogen-bond acceptors (Lipinski definition) is 4. The summed E-state index contributed by atoms with van der Waals surface area (Å²) < 4.78 is 0. The lowest BCUT2D eigenvalue weighted by molar-refractivity contribution is 0.0928. The average molecular weight is 300 g/mol. The average Bonchev–Trinajstić information content (AvgIpc) is 2.54. The second-order valence-corrected chi connectivity index (χ2v) is 5.89. The molecular weight excluding hydrogens is 280 g/mol. The minimum absolute atomic E-state index is 0.0802. The first-order valence-electron chi connectivity index (χ1n) is 7.59. The summed E-state index contributed by atoms with van der Waals surface area (Å²) in [5, 5.41) is 3.38. The van der Waals surface area contributed by atoms with Crippen LogP contribution in [0.2, 0.25) is 0 Å². The zero-order valence-electron chi connectivity index (χ0n) is 12.6. The van der Waals surface area contributed by atoms with Gasteiger partial charge in [-0.3, -0.25) is 9.59 Å². The molecule has 1 amide bonds. The quantitative estimate of drug-likeness (QED) is 0.886. The molecule has 6 heteroatoms. The number of fused-ring (bicyclic) bond motifs is 1. The van der Waals surface area contributed by atoms with E-state index in [-0.39, 0.29) is 17.3 Å². The molecule has 2 aromatic rings. The van der Waals surface area contributed by atoms with E-state index in [0.29, 0.717) is 23.4 Å². The molecule has 3 rings (SSSR count). The summed E-state index contributed by atoms with van der Waals surface area (Å²) in [5.74, 6) is 0.255. The van der Waals surface area contributed by atoms with Crippen molar-refractivity contribution in [1.29, 1.82) is 0 Å². The molecule has 1 aliphatic rings. The van der Waals surface area contributed by atoms with Gasteiger partial charge >= 0.3 is 0 Å². The van der Waals surface area contributed by atoms with Crippen LogP contribution in [0.5, 0.6) is 0 Å². The Morgan fingerprint density at radius 2 is 2.09 bits per heavy atom. The number of benzene rings is 1. The molecule has 0 spiro atoms. The molecule has 2 N–H and O–H groups in total. The number of H-pyrrole nitrogens is 1. The molecule has 0 bridgehead atoms. The van der Waals surface area contributed by atoms with E-state index in [9.17, 15) is 9.59 Å². The van der Waals surface area contributed by atoms with E-state index in [4.69, 9.17) is 0 Å². The van der Waals surface area contributed by atoms with Gasteiger partial charge in [0.2, 0.25) is 0 Å². The van der Waals surface area contributed by atoms with E-state index in [2.05, 4.69) is 27.2 Å². The van der Waals surface area contributed by atoms with Gasteiger partial charge in [-0.15, -0.1) is 0 Å². The fourth-order valence-electron chi connectivity index (χ4n) is 2.78. The maximum Gasteiger partial charge on any atom is 0.287 e. The number of rotatable bonds is 3. The number of nitrogens with one attached hydrogen (secondary N) is 2. The topological polar surface area (TPSA) is 78.1 Å². The Hall–Kier alpha value is -2.21. The fraction of sp³-hybridized carbons (Fsp3) is 0.438. The fourth-order valence-corrected chi connectivity index (χ4v) is 2.78. The molecule has 1 saturated heterocycles. The summed E-state index contributed by atoms with van der Waals surface area (Å²) in [5.41, 5.74) is 0.255. The highest BCUT2D eigenvalue weighted by molar-refractivity contribution is 5.92. The predicted molar refractivity (Wildman–Crippen MR) is 84.9 cm³/mol. The van der Waals surface area contributed by atoms with Gasteiger partial charge in [0, 0.05) is 6.54 Å². The molecule has 1 aromatic heterocycles. The van der Waals surface area contributed by atoms with Gasteiger partial charge in [0.05, 0.1) is 10.9 Å². The largest absolute Gasteiger partial charge is 0.349 e. The van der Waals surface area contributed by atoms with Crippen LogP contribution in [-0.2, 0) is 0 Å². The normalized spacial score (nSPS) is 16.8. The van der Waals surface area contributed by atoms with Crippen molar-refractivity contribution in [3.63, 3.8) is 0 Å². The molecule has 22 heavy (non-hydrogen) atoms. The summed E-state index contributed by atoms with van der Waals surface area (Å²) in [6.45, 7) is 2.75. The van der Waals surface area contributed by atoms with Crippen LogP contribution in [0, 0.1) is 5.92 Å². The molecule has 0 radical (unpaired) electrons. The molecule has 116 valence electrons. The Kier molecular flexibility index (Phi) is 4.20. The molecule has 0 aliphatic carbocycles. The Morgan fingerprint density at radius 1 is 1.36 bits per heavy atom. The van der Waals surface area contributed by atoms with Gasteiger partial charge in [0.1, 0.15) is 0 Å². The Morgan fingerprint density at radius 3 is 2.86 bits per heavy atom. The number of likely N-dealkylation sites (tertiary alicyclic amines) is 1. The molecule has 0 atom stereocenters. The molecule has 1 aromatic carbocycles. The lowest BCUT2D eigenvalue weighted by atomic mass is 9.97. The standard InChI is InChI=1S/C16H20N4O2/c1-20-8-6-11(7-9-20)10-17-16(22)14-18-13-5-3-2-4-12(13)15(21)19-14/h2-5,11H,6-10H2,1H3,(H,17,22)(H,18,19,21). The van der Waals surface area contributed by atoms with E-state index in [1.54, 1.807) is 24.3 Å². The van der Waals surface area contributed by atoms with Crippen LogP contribution < -0.4 is 10.9 Å². The number of aromatic amines is 1. The lowest BCUT2D eigenvalue weighted by Gasteiger charge is -2.28. The highest BCUT2D eigenvalue weighted by Crippen LogP contribution is 2.14. The van der Waals surface area contributed by atoms with Crippen molar-refractivity contribution in [3.05, 3.63) is 40.4 Å². The number of piperidine rings is 1. The van der Waals surface area contributed by atoms with Crippen molar-refractivity contribution in [3.8, 4) is 0 Å². The van der Waals surface area contributed by atoms with Crippen LogP contribution in [-0.4, -0.2) is 47.5 Å².